The summed E-state index contributed by atoms with van der Waals surface area (Å²) in [5.74, 6) is -0.947. The van der Waals surface area contributed by atoms with Crippen LogP contribution < -0.4 is 0 Å². The monoisotopic (exact) mass is 281 g/mol. The Morgan fingerprint density at radius 1 is 1.35 bits per heavy atom. The number of carbonyl (C=O) groups excluding carboxylic acids is 1. The zero-order chi connectivity index (χ0) is 15.4. The minimum Gasteiger partial charge on any atom is -0.481 e. The topological polar surface area (TPSA) is 75.4 Å². The molecule has 112 valence electrons. The molecule has 0 aliphatic carbocycles. The lowest BCUT2D eigenvalue weighted by molar-refractivity contribution is -0.139. The summed E-state index contributed by atoms with van der Waals surface area (Å²) < 4.78 is 1.76. The Balaban J connectivity index is 2.83. The molecule has 1 N–H and O–H groups in total. The Bertz CT molecular complexity index is 506. The molecule has 0 unspecified atom stereocenters. The molecule has 0 saturated carbocycles. The summed E-state index contributed by atoms with van der Waals surface area (Å²) in [6.45, 7) is 7.84. The van der Waals surface area contributed by atoms with E-state index in [1.165, 1.54) is 0 Å². The highest BCUT2D eigenvalue weighted by Gasteiger charge is 2.21. The number of rotatable bonds is 6. The van der Waals surface area contributed by atoms with Gasteiger partial charge in [-0.05, 0) is 27.7 Å². The van der Waals surface area contributed by atoms with Crippen molar-refractivity contribution in [3.05, 3.63) is 17.0 Å². The van der Waals surface area contributed by atoms with Crippen molar-refractivity contribution < 1.29 is 14.7 Å². The van der Waals surface area contributed by atoms with Gasteiger partial charge in [0.15, 0.2) is 0 Å². The van der Waals surface area contributed by atoms with E-state index in [4.69, 9.17) is 5.11 Å². The molecule has 0 aromatic carbocycles. The van der Waals surface area contributed by atoms with Gasteiger partial charge >= 0.3 is 5.97 Å². The van der Waals surface area contributed by atoms with Crippen LogP contribution in [0.4, 0.5) is 0 Å². The number of amides is 1. The molecule has 1 aromatic rings. The number of carbonyl (C=O) groups is 2. The Kier molecular flexibility index (Phi) is 5.30. The summed E-state index contributed by atoms with van der Waals surface area (Å²) in [6.07, 6.45) is 0.234. The van der Waals surface area contributed by atoms with Gasteiger partial charge in [0.2, 0.25) is 5.91 Å². The van der Waals surface area contributed by atoms with Crippen LogP contribution in [-0.2, 0) is 23.1 Å². The maximum atomic E-state index is 12.4. The molecule has 1 rings (SSSR count). The zero-order valence-electron chi connectivity index (χ0n) is 12.8. The normalized spacial score (nSPS) is 10.9. The SMILES string of the molecule is Cc1nn(C)c(C)c1CC(=O)N(CCC(=O)O)C(C)C. The lowest BCUT2D eigenvalue weighted by atomic mass is 10.1. The highest BCUT2D eigenvalue weighted by Crippen LogP contribution is 2.15. The van der Waals surface area contributed by atoms with Crippen LogP contribution >= 0.6 is 0 Å². The van der Waals surface area contributed by atoms with Crippen LogP contribution in [0.3, 0.4) is 0 Å². The van der Waals surface area contributed by atoms with E-state index in [1.54, 1.807) is 9.58 Å². The molecule has 6 nitrogen and oxygen atoms in total. The molecular formula is C14H23N3O3. The fraction of sp³-hybridized carbons (Fsp3) is 0.643. The van der Waals surface area contributed by atoms with Crippen molar-refractivity contribution in [2.24, 2.45) is 7.05 Å². The number of hydrogen-bond donors (Lipinski definition) is 1. The van der Waals surface area contributed by atoms with Gasteiger partial charge < -0.3 is 10.0 Å². The van der Waals surface area contributed by atoms with Crippen molar-refractivity contribution in [2.45, 2.75) is 46.6 Å². The second kappa shape index (κ2) is 6.54. The van der Waals surface area contributed by atoms with Crippen molar-refractivity contribution in [1.29, 1.82) is 0 Å². The fourth-order valence-corrected chi connectivity index (χ4v) is 2.21. The summed E-state index contributed by atoms with van der Waals surface area (Å²) >= 11 is 0. The van der Waals surface area contributed by atoms with Gasteiger partial charge in [-0.1, -0.05) is 0 Å². The standard InChI is InChI=1S/C14H23N3O3/c1-9(2)17(7-6-14(19)20)13(18)8-12-10(3)15-16(5)11(12)4/h9H,6-8H2,1-5H3,(H,19,20). The fourth-order valence-electron chi connectivity index (χ4n) is 2.21. The van der Waals surface area contributed by atoms with Crippen molar-refractivity contribution in [3.63, 3.8) is 0 Å². The van der Waals surface area contributed by atoms with Crippen LogP contribution in [0.15, 0.2) is 0 Å². The molecule has 1 amide bonds. The van der Waals surface area contributed by atoms with Gasteiger partial charge in [0.1, 0.15) is 0 Å². The van der Waals surface area contributed by atoms with E-state index in [1.807, 2.05) is 34.7 Å². The van der Waals surface area contributed by atoms with Gasteiger partial charge in [0.25, 0.3) is 0 Å². The Morgan fingerprint density at radius 2 is 1.95 bits per heavy atom. The molecule has 0 saturated heterocycles. The number of carboxylic acid groups (broad SMARTS) is 1. The van der Waals surface area contributed by atoms with E-state index < -0.39 is 5.97 Å². The molecule has 0 bridgehead atoms. The van der Waals surface area contributed by atoms with Crippen molar-refractivity contribution in [3.8, 4) is 0 Å². The van der Waals surface area contributed by atoms with Gasteiger partial charge in [-0.15, -0.1) is 0 Å². The largest absolute Gasteiger partial charge is 0.481 e. The number of carboxylic acids is 1. The third-order valence-electron chi connectivity index (χ3n) is 3.50. The highest BCUT2D eigenvalue weighted by atomic mass is 16.4. The summed E-state index contributed by atoms with van der Waals surface area (Å²) in [6, 6.07) is -0.0147. The van der Waals surface area contributed by atoms with Crippen LogP contribution in [0.5, 0.6) is 0 Å². The van der Waals surface area contributed by atoms with Gasteiger partial charge in [0.05, 0.1) is 18.5 Å². The first kappa shape index (κ1) is 16.2. The van der Waals surface area contributed by atoms with Crippen molar-refractivity contribution in [1.82, 2.24) is 14.7 Å². The van der Waals surface area contributed by atoms with E-state index in [0.29, 0.717) is 0 Å². The van der Waals surface area contributed by atoms with Gasteiger partial charge in [-0.3, -0.25) is 14.3 Å². The first-order chi connectivity index (χ1) is 9.23. The molecule has 1 heterocycles. The van der Waals surface area contributed by atoms with Gasteiger partial charge in [-0.2, -0.15) is 5.10 Å². The number of aliphatic carboxylic acids is 1. The van der Waals surface area contributed by atoms with E-state index in [9.17, 15) is 9.59 Å². The van der Waals surface area contributed by atoms with Crippen molar-refractivity contribution in [2.75, 3.05) is 6.54 Å². The summed E-state index contributed by atoms with van der Waals surface area (Å²) in [4.78, 5) is 24.7. The molecule has 6 heteroatoms. The lowest BCUT2D eigenvalue weighted by Crippen LogP contribution is -2.39. The molecule has 0 fully saturated rings. The minimum atomic E-state index is -0.891. The molecule has 0 aliphatic heterocycles. The minimum absolute atomic E-state index is 0.0147. The van der Waals surface area contributed by atoms with Crippen LogP contribution in [0.2, 0.25) is 0 Å². The average Bonchev–Trinajstić information content (AvgIpc) is 2.55. The first-order valence-corrected chi connectivity index (χ1v) is 6.74. The van der Waals surface area contributed by atoms with E-state index in [-0.39, 0.29) is 31.3 Å². The maximum absolute atomic E-state index is 12.4. The smallest absolute Gasteiger partial charge is 0.305 e. The maximum Gasteiger partial charge on any atom is 0.305 e. The zero-order valence-corrected chi connectivity index (χ0v) is 12.8. The predicted molar refractivity (Wildman–Crippen MR) is 75.5 cm³/mol. The predicted octanol–water partition coefficient (Wildman–Crippen LogP) is 1.29. The number of hydrogen-bond acceptors (Lipinski definition) is 3. The van der Waals surface area contributed by atoms with Crippen LogP contribution in [-0.4, -0.2) is 44.3 Å². The molecular weight excluding hydrogens is 258 g/mol. The summed E-state index contributed by atoms with van der Waals surface area (Å²) in [5.41, 5.74) is 2.75. The molecule has 0 atom stereocenters. The third-order valence-corrected chi connectivity index (χ3v) is 3.50. The second-order valence-electron chi connectivity index (χ2n) is 5.27. The Hall–Kier alpha value is -1.85. The Morgan fingerprint density at radius 3 is 2.35 bits per heavy atom. The van der Waals surface area contributed by atoms with Gasteiger partial charge in [-0.25, -0.2) is 0 Å². The van der Waals surface area contributed by atoms with E-state index >= 15 is 0 Å². The second-order valence-corrected chi connectivity index (χ2v) is 5.27. The van der Waals surface area contributed by atoms with Gasteiger partial charge in [0, 0.05) is 30.9 Å². The lowest BCUT2D eigenvalue weighted by Gasteiger charge is -2.26. The average molecular weight is 281 g/mol. The molecule has 0 aliphatic rings. The number of nitrogens with zero attached hydrogens (tertiary/aromatic N) is 3. The summed E-state index contributed by atoms with van der Waals surface area (Å²) in [5, 5.41) is 13.0. The molecule has 20 heavy (non-hydrogen) atoms. The third kappa shape index (κ3) is 3.82. The quantitative estimate of drug-likeness (QED) is 0.852. The van der Waals surface area contributed by atoms with Crippen LogP contribution in [0, 0.1) is 13.8 Å². The van der Waals surface area contributed by atoms with Crippen LogP contribution in [0.25, 0.3) is 0 Å². The van der Waals surface area contributed by atoms with E-state index in [2.05, 4.69) is 5.10 Å². The highest BCUT2D eigenvalue weighted by molar-refractivity contribution is 5.80. The molecule has 0 spiro atoms. The first-order valence-electron chi connectivity index (χ1n) is 6.74. The Labute approximate surface area is 119 Å². The molecule has 1 aromatic heterocycles. The van der Waals surface area contributed by atoms with Crippen molar-refractivity contribution >= 4 is 11.9 Å². The number of aryl methyl sites for hydroxylation is 2. The number of aromatic nitrogens is 2. The summed E-state index contributed by atoms with van der Waals surface area (Å²) in [7, 11) is 1.85. The van der Waals surface area contributed by atoms with E-state index in [0.717, 1.165) is 17.0 Å². The molecule has 0 radical (unpaired) electrons. The van der Waals surface area contributed by atoms with Crippen LogP contribution in [0.1, 0.15) is 37.2 Å².